The second-order valence-electron chi connectivity index (χ2n) is 5.60. The average molecular weight is 327 g/mol. The Morgan fingerprint density at radius 2 is 1.84 bits per heavy atom. The van der Waals surface area contributed by atoms with Crippen LogP contribution in [0.4, 0.5) is 0 Å². The van der Waals surface area contributed by atoms with Crippen LogP contribution in [0, 0.1) is 12.8 Å². The minimum Gasteiger partial charge on any atom is -0.459 e. The third-order valence-corrected chi connectivity index (χ3v) is 3.20. The first-order chi connectivity index (χ1) is 8.61. The van der Waals surface area contributed by atoms with Crippen molar-refractivity contribution in [2.45, 2.75) is 40.2 Å². The van der Waals surface area contributed by atoms with Crippen LogP contribution >= 0.6 is 15.9 Å². The highest BCUT2D eigenvalue weighted by Gasteiger charge is 2.28. The van der Waals surface area contributed by atoms with Crippen LogP contribution in [-0.2, 0) is 9.53 Å². The summed E-state index contributed by atoms with van der Waals surface area (Å²) < 4.78 is 5.93. The molecule has 19 heavy (non-hydrogen) atoms. The summed E-state index contributed by atoms with van der Waals surface area (Å²) in [4.78, 5) is 24.2. The van der Waals surface area contributed by atoms with Gasteiger partial charge in [-0.05, 0) is 52.3 Å². The first-order valence-corrected chi connectivity index (χ1v) is 6.94. The van der Waals surface area contributed by atoms with Crippen molar-refractivity contribution in [3.8, 4) is 0 Å². The van der Waals surface area contributed by atoms with E-state index in [0.717, 1.165) is 5.56 Å². The third kappa shape index (κ3) is 4.46. The van der Waals surface area contributed by atoms with Crippen molar-refractivity contribution in [1.29, 1.82) is 0 Å². The number of benzene rings is 1. The Labute approximate surface area is 122 Å². The maximum absolute atomic E-state index is 12.3. The van der Waals surface area contributed by atoms with E-state index in [1.165, 1.54) is 0 Å². The Hall–Kier alpha value is -1.16. The Balaban J connectivity index is 2.91. The summed E-state index contributed by atoms with van der Waals surface area (Å²) in [6.45, 7) is 8.86. The average Bonchev–Trinajstić information content (AvgIpc) is 2.24. The lowest BCUT2D eigenvalue weighted by Gasteiger charge is -2.22. The van der Waals surface area contributed by atoms with Gasteiger partial charge >= 0.3 is 5.97 Å². The topological polar surface area (TPSA) is 43.4 Å². The molecule has 1 aromatic carbocycles. The van der Waals surface area contributed by atoms with Gasteiger partial charge in [-0.1, -0.05) is 22.0 Å². The normalized spacial score (nSPS) is 12.9. The molecule has 0 saturated heterocycles. The molecule has 0 aliphatic heterocycles. The highest BCUT2D eigenvalue weighted by atomic mass is 79.9. The molecule has 1 aromatic rings. The molecule has 0 N–H and O–H groups in total. The molecule has 0 aromatic heterocycles. The Bertz CT molecular complexity index is 501. The lowest BCUT2D eigenvalue weighted by atomic mass is 9.98. The predicted molar refractivity (Wildman–Crippen MR) is 78.2 cm³/mol. The number of Topliss-reactive ketones (excluding diaryl/α,β-unsaturated/α-hetero) is 1. The fourth-order valence-corrected chi connectivity index (χ4v) is 2.24. The molecule has 104 valence electrons. The van der Waals surface area contributed by atoms with Crippen molar-refractivity contribution in [1.82, 2.24) is 0 Å². The van der Waals surface area contributed by atoms with Gasteiger partial charge in [0.05, 0.1) is 0 Å². The number of hydrogen-bond acceptors (Lipinski definition) is 3. The molecule has 0 amide bonds. The Morgan fingerprint density at radius 1 is 1.26 bits per heavy atom. The van der Waals surface area contributed by atoms with Gasteiger partial charge in [0, 0.05) is 10.0 Å². The van der Waals surface area contributed by atoms with Crippen LogP contribution in [0.3, 0.4) is 0 Å². The molecule has 0 spiro atoms. The van der Waals surface area contributed by atoms with E-state index in [2.05, 4.69) is 15.9 Å². The van der Waals surface area contributed by atoms with E-state index in [1.54, 1.807) is 33.8 Å². The van der Waals surface area contributed by atoms with Crippen molar-refractivity contribution in [3.63, 3.8) is 0 Å². The number of carbonyl (C=O) groups is 2. The molecule has 1 atom stereocenters. The molecule has 3 nitrogen and oxygen atoms in total. The Kier molecular flexibility index (Phi) is 4.91. The maximum atomic E-state index is 12.3. The molecule has 1 rings (SSSR count). The molecule has 0 aliphatic carbocycles. The highest BCUT2D eigenvalue weighted by molar-refractivity contribution is 9.10. The number of rotatable bonds is 3. The zero-order chi connectivity index (χ0) is 14.8. The number of carbonyl (C=O) groups excluding carboxylic acids is 2. The van der Waals surface area contributed by atoms with Crippen molar-refractivity contribution in [2.24, 2.45) is 5.92 Å². The van der Waals surface area contributed by atoms with E-state index >= 15 is 0 Å². The summed E-state index contributed by atoms with van der Waals surface area (Å²) in [7, 11) is 0. The van der Waals surface area contributed by atoms with Gasteiger partial charge in [0.1, 0.15) is 11.5 Å². The Morgan fingerprint density at radius 3 is 2.32 bits per heavy atom. The van der Waals surface area contributed by atoms with Crippen LogP contribution in [-0.4, -0.2) is 17.4 Å². The lowest BCUT2D eigenvalue weighted by molar-refractivity contribution is -0.157. The van der Waals surface area contributed by atoms with E-state index in [1.807, 2.05) is 19.1 Å². The summed E-state index contributed by atoms with van der Waals surface area (Å²) in [6.07, 6.45) is 0. The predicted octanol–water partition coefficient (Wildman–Crippen LogP) is 3.92. The smallest absolute Gasteiger partial charge is 0.317 e. The van der Waals surface area contributed by atoms with Crippen LogP contribution in [0.25, 0.3) is 0 Å². The maximum Gasteiger partial charge on any atom is 0.317 e. The second-order valence-corrected chi connectivity index (χ2v) is 6.46. The lowest BCUT2D eigenvalue weighted by Crippen LogP contribution is -2.31. The number of ketones is 1. The van der Waals surface area contributed by atoms with Crippen molar-refractivity contribution >= 4 is 27.7 Å². The first-order valence-electron chi connectivity index (χ1n) is 6.15. The van der Waals surface area contributed by atoms with Gasteiger partial charge in [-0.25, -0.2) is 0 Å². The van der Waals surface area contributed by atoms with E-state index in [0.29, 0.717) is 10.0 Å². The van der Waals surface area contributed by atoms with Crippen molar-refractivity contribution < 1.29 is 14.3 Å². The molecule has 4 heteroatoms. The largest absolute Gasteiger partial charge is 0.459 e. The number of esters is 1. The van der Waals surface area contributed by atoms with Gasteiger partial charge < -0.3 is 4.74 Å². The summed E-state index contributed by atoms with van der Waals surface area (Å²) in [5, 5.41) is 0. The summed E-state index contributed by atoms with van der Waals surface area (Å²) in [6, 6.07) is 5.43. The quantitative estimate of drug-likeness (QED) is 0.480. The molecule has 0 bridgehead atoms. The highest BCUT2D eigenvalue weighted by Crippen LogP contribution is 2.23. The van der Waals surface area contributed by atoms with Gasteiger partial charge in [-0.3, -0.25) is 9.59 Å². The molecule has 0 aliphatic rings. The van der Waals surface area contributed by atoms with Crippen LogP contribution in [0.5, 0.6) is 0 Å². The zero-order valence-electron chi connectivity index (χ0n) is 11.9. The minimum absolute atomic E-state index is 0.235. The standard InChI is InChI=1S/C15H19BrO3/c1-9-6-7-11(12(16)8-9)13(17)10(2)14(18)19-15(3,4)5/h6-8,10H,1-5H3. The fourth-order valence-electron chi connectivity index (χ4n) is 1.55. The molecule has 0 saturated carbocycles. The van der Waals surface area contributed by atoms with Gasteiger partial charge in [0.15, 0.2) is 5.78 Å². The van der Waals surface area contributed by atoms with Gasteiger partial charge in [0.25, 0.3) is 0 Å². The zero-order valence-corrected chi connectivity index (χ0v) is 13.5. The van der Waals surface area contributed by atoms with Crippen LogP contribution < -0.4 is 0 Å². The van der Waals surface area contributed by atoms with E-state index < -0.39 is 17.5 Å². The van der Waals surface area contributed by atoms with Crippen LogP contribution in [0.15, 0.2) is 22.7 Å². The molecule has 0 heterocycles. The molecule has 0 radical (unpaired) electrons. The SMILES string of the molecule is Cc1ccc(C(=O)C(C)C(=O)OC(C)(C)C)c(Br)c1. The number of aryl methyl sites for hydroxylation is 1. The van der Waals surface area contributed by atoms with Crippen LogP contribution in [0.2, 0.25) is 0 Å². The molecule has 1 unspecified atom stereocenters. The van der Waals surface area contributed by atoms with E-state index in [4.69, 9.17) is 4.74 Å². The minimum atomic E-state index is -0.807. The fraction of sp³-hybridized carbons (Fsp3) is 0.467. The van der Waals surface area contributed by atoms with Crippen LogP contribution in [0.1, 0.15) is 43.6 Å². The summed E-state index contributed by atoms with van der Waals surface area (Å²) >= 11 is 3.35. The monoisotopic (exact) mass is 326 g/mol. The van der Waals surface area contributed by atoms with Crippen molar-refractivity contribution in [2.75, 3.05) is 0 Å². The van der Waals surface area contributed by atoms with Gasteiger partial charge in [-0.2, -0.15) is 0 Å². The third-order valence-electron chi connectivity index (χ3n) is 2.54. The van der Waals surface area contributed by atoms with E-state index in [9.17, 15) is 9.59 Å². The molecular formula is C15H19BrO3. The summed E-state index contributed by atoms with van der Waals surface area (Å²) in [5.41, 5.74) is 0.966. The van der Waals surface area contributed by atoms with Gasteiger partial charge in [0.2, 0.25) is 0 Å². The van der Waals surface area contributed by atoms with Gasteiger partial charge in [-0.15, -0.1) is 0 Å². The van der Waals surface area contributed by atoms with E-state index in [-0.39, 0.29) is 5.78 Å². The molecule has 0 fully saturated rings. The molecular weight excluding hydrogens is 308 g/mol. The second kappa shape index (κ2) is 5.87. The number of ether oxygens (including phenoxy) is 1. The number of halogens is 1. The number of hydrogen-bond donors (Lipinski definition) is 0. The van der Waals surface area contributed by atoms with Crippen molar-refractivity contribution in [3.05, 3.63) is 33.8 Å². The summed E-state index contributed by atoms with van der Waals surface area (Å²) in [5.74, 6) is -1.54. The first kappa shape index (κ1) is 15.9.